The summed E-state index contributed by atoms with van der Waals surface area (Å²) in [5.74, 6) is -0.311. The molecule has 2 amide bonds. The molecule has 0 aliphatic heterocycles. The first-order valence-electron chi connectivity index (χ1n) is 7.56. The van der Waals surface area contributed by atoms with Gasteiger partial charge in [0.05, 0.1) is 17.7 Å². The number of carbonyl (C=O) groups is 2. The van der Waals surface area contributed by atoms with Crippen molar-refractivity contribution in [2.75, 3.05) is 5.32 Å². The Labute approximate surface area is 139 Å². The molecule has 3 rings (SSSR count). The zero-order chi connectivity index (χ0) is 16.2. The maximum Gasteiger partial charge on any atom is 0.253 e. The third kappa shape index (κ3) is 4.33. The first kappa shape index (κ1) is 15.6. The van der Waals surface area contributed by atoms with E-state index in [1.165, 1.54) is 0 Å². The number of rotatable bonds is 5. The van der Waals surface area contributed by atoms with Gasteiger partial charge in [0.2, 0.25) is 5.91 Å². The van der Waals surface area contributed by atoms with Crippen LogP contribution in [0.3, 0.4) is 0 Å². The van der Waals surface area contributed by atoms with E-state index in [1.807, 2.05) is 12.1 Å². The lowest BCUT2D eigenvalue weighted by Crippen LogP contribution is -2.27. The predicted octanol–water partition coefficient (Wildman–Crippen LogP) is 3.41. The molecule has 23 heavy (non-hydrogen) atoms. The van der Waals surface area contributed by atoms with Gasteiger partial charge in [0.15, 0.2) is 0 Å². The van der Waals surface area contributed by atoms with Crippen LogP contribution in [-0.2, 0) is 11.2 Å². The van der Waals surface area contributed by atoms with Crippen LogP contribution in [-0.4, -0.2) is 17.9 Å². The van der Waals surface area contributed by atoms with Gasteiger partial charge in [-0.15, -0.1) is 0 Å². The number of amides is 2. The Hall–Kier alpha value is -2.33. The summed E-state index contributed by atoms with van der Waals surface area (Å²) < 4.78 is 0. The van der Waals surface area contributed by atoms with Gasteiger partial charge in [-0.1, -0.05) is 35.9 Å². The summed E-state index contributed by atoms with van der Waals surface area (Å²) >= 11 is 5.84. The zero-order valence-electron chi connectivity index (χ0n) is 12.5. The first-order chi connectivity index (χ1) is 11.1. The Morgan fingerprint density at radius 3 is 2.43 bits per heavy atom. The van der Waals surface area contributed by atoms with Crippen molar-refractivity contribution in [1.29, 1.82) is 0 Å². The van der Waals surface area contributed by atoms with Gasteiger partial charge in [-0.25, -0.2) is 0 Å². The molecule has 0 atom stereocenters. The molecule has 1 aliphatic carbocycles. The first-order valence-corrected chi connectivity index (χ1v) is 7.94. The van der Waals surface area contributed by atoms with Gasteiger partial charge in [-0.3, -0.25) is 9.59 Å². The average Bonchev–Trinajstić information content (AvgIpc) is 3.34. The summed E-state index contributed by atoms with van der Waals surface area (Å²) in [5, 5.41) is 6.39. The van der Waals surface area contributed by atoms with Crippen molar-refractivity contribution in [2.24, 2.45) is 0 Å². The number of carbonyl (C=O) groups excluding carboxylic acids is 2. The molecule has 4 nitrogen and oxygen atoms in total. The molecular formula is C18H17ClN2O2. The minimum Gasteiger partial charge on any atom is -0.349 e. The molecule has 118 valence electrons. The average molecular weight is 329 g/mol. The van der Waals surface area contributed by atoms with Gasteiger partial charge in [-0.05, 0) is 42.7 Å². The van der Waals surface area contributed by atoms with E-state index in [4.69, 9.17) is 11.6 Å². The van der Waals surface area contributed by atoms with E-state index in [9.17, 15) is 9.59 Å². The van der Waals surface area contributed by atoms with Crippen LogP contribution < -0.4 is 10.6 Å². The molecule has 1 aliphatic rings. The number of hydrogen-bond acceptors (Lipinski definition) is 2. The van der Waals surface area contributed by atoms with Crippen molar-refractivity contribution in [2.45, 2.75) is 25.3 Å². The molecule has 0 spiro atoms. The van der Waals surface area contributed by atoms with Crippen LogP contribution in [0.15, 0.2) is 48.5 Å². The molecule has 0 saturated heterocycles. The summed E-state index contributed by atoms with van der Waals surface area (Å²) in [6.07, 6.45) is 2.28. The lowest BCUT2D eigenvalue weighted by Gasteiger charge is -2.11. The quantitative estimate of drug-likeness (QED) is 0.883. The van der Waals surface area contributed by atoms with Gasteiger partial charge in [0.1, 0.15) is 0 Å². The Balaban J connectivity index is 1.67. The molecule has 0 heterocycles. The van der Waals surface area contributed by atoms with Gasteiger partial charge >= 0.3 is 0 Å². The van der Waals surface area contributed by atoms with Crippen LogP contribution in [0.25, 0.3) is 0 Å². The van der Waals surface area contributed by atoms with E-state index in [1.54, 1.807) is 36.4 Å². The van der Waals surface area contributed by atoms with E-state index in [2.05, 4.69) is 10.6 Å². The van der Waals surface area contributed by atoms with Crippen molar-refractivity contribution in [3.63, 3.8) is 0 Å². The molecule has 2 N–H and O–H groups in total. The molecule has 2 aromatic carbocycles. The highest BCUT2D eigenvalue weighted by Crippen LogP contribution is 2.21. The van der Waals surface area contributed by atoms with E-state index in [-0.39, 0.29) is 24.3 Å². The number of nitrogens with one attached hydrogen (secondary N) is 2. The van der Waals surface area contributed by atoms with Crippen molar-refractivity contribution in [3.8, 4) is 0 Å². The third-order valence-corrected chi connectivity index (χ3v) is 3.89. The largest absolute Gasteiger partial charge is 0.349 e. The minimum absolute atomic E-state index is 0.144. The summed E-state index contributed by atoms with van der Waals surface area (Å²) in [7, 11) is 0. The highest BCUT2D eigenvalue weighted by molar-refractivity contribution is 6.30. The lowest BCUT2D eigenvalue weighted by molar-refractivity contribution is -0.115. The second-order valence-corrected chi connectivity index (χ2v) is 6.08. The standard InChI is InChI=1S/C18H17ClN2O2/c19-13-7-5-12(6-8-13)11-17(22)21-16-4-2-1-3-15(16)18(23)20-14-9-10-14/h1-8,14H,9-11H2,(H,20,23)(H,21,22). The van der Waals surface area contributed by atoms with Crippen LogP contribution in [0, 0.1) is 0 Å². The number of anilines is 1. The molecule has 0 aromatic heterocycles. The summed E-state index contributed by atoms with van der Waals surface area (Å²) in [6.45, 7) is 0. The smallest absolute Gasteiger partial charge is 0.253 e. The number of halogens is 1. The fourth-order valence-corrected chi connectivity index (χ4v) is 2.39. The van der Waals surface area contributed by atoms with Gasteiger partial charge in [-0.2, -0.15) is 0 Å². The van der Waals surface area contributed by atoms with Crippen molar-refractivity contribution in [1.82, 2.24) is 5.32 Å². The normalized spacial score (nSPS) is 13.4. The highest BCUT2D eigenvalue weighted by Gasteiger charge is 2.24. The lowest BCUT2D eigenvalue weighted by atomic mass is 10.1. The van der Waals surface area contributed by atoms with Gasteiger partial charge in [0, 0.05) is 11.1 Å². The Morgan fingerprint density at radius 2 is 1.74 bits per heavy atom. The van der Waals surface area contributed by atoms with Crippen LogP contribution >= 0.6 is 11.6 Å². The third-order valence-electron chi connectivity index (χ3n) is 3.64. The Bertz CT molecular complexity index is 724. The van der Waals surface area contributed by atoms with Crippen LogP contribution in [0.5, 0.6) is 0 Å². The van der Waals surface area contributed by atoms with Crippen molar-refractivity contribution in [3.05, 3.63) is 64.7 Å². The molecule has 0 bridgehead atoms. The molecule has 5 heteroatoms. The fourth-order valence-electron chi connectivity index (χ4n) is 2.26. The van der Waals surface area contributed by atoms with Crippen LogP contribution in [0.2, 0.25) is 5.02 Å². The predicted molar refractivity (Wildman–Crippen MR) is 90.7 cm³/mol. The van der Waals surface area contributed by atoms with E-state index in [0.717, 1.165) is 18.4 Å². The topological polar surface area (TPSA) is 58.2 Å². The van der Waals surface area contributed by atoms with E-state index in [0.29, 0.717) is 16.3 Å². The number of hydrogen-bond donors (Lipinski definition) is 2. The molecular weight excluding hydrogens is 312 g/mol. The monoisotopic (exact) mass is 328 g/mol. The van der Waals surface area contributed by atoms with E-state index >= 15 is 0 Å². The molecule has 2 aromatic rings. The molecule has 1 saturated carbocycles. The van der Waals surface area contributed by atoms with Crippen LogP contribution in [0.4, 0.5) is 5.69 Å². The number of benzene rings is 2. The summed E-state index contributed by atoms with van der Waals surface area (Å²) in [5.41, 5.74) is 1.89. The molecule has 0 radical (unpaired) electrons. The number of para-hydroxylation sites is 1. The second kappa shape index (κ2) is 6.84. The molecule has 0 unspecified atom stereocenters. The Kier molecular flexibility index (Phi) is 4.63. The summed E-state index contributed by atoms with van der Waals surface area (Å²) in [4.78, 5) is 24.4. The minimum atomic E-state index is -0.168. The van der Waals surface area contributed by atoms with Gasteiger partial charge in [0.25, 0.3) is 5.91 Å². The second-order valence-electron chi connectivity index (χ2n) is 5.64. The van der Waals surface area contributed by atoms with E-state index < -0.39 is 0 Å². The van der Waals surface area contributed by atoms with Crippen molar-refractivity contribution >= 4 is 29.1 Å². The zero-order valence-corrected chi connectivity index (χ0v) is 13.3. The van der Waals surface area contributed by atoms with Crippen molar-refractivity contribution < 1.29 is 9.59 Å². The summed E-state index contributed by atoms with van der Waals surface area (Å²) in [6, 6.07) is 14.4. The molecule has 1 fully saturated rings. The fraction of sp³-hybridized carbons (Fsp3) is 0.222. The maximum absolute atomic E-state index is 12.2. The Morgan fingerprint density at radius 1 is 1.04 bits per heavy atom. The van der Waals surface area contributed by atoms with Crippen LogP contribution in [0.1, 0.15) is 28.8 Å². The van der Waals surface area contributed by atoms with Gasteiger partial charge < -0.3 is 10.6 Å². The SMILES string of the molecule is O=C(Cc1ccc(Cl)cc1)Nc1ccccc1C(=O)NC1CC1. The highest BCUT2D eigenvalue weighted by atomic mass is 35.5. The maximum atomic E-state index is 12.2.